The fourth-order valence-electron chi connectivity index (χ4n) is 3.35. The van der Waals surface area contributed by atoms with Crippen LogP contribution in [-0.4, -0.2) is 34.7 Å². The van der Waals surface area contributed by atoms with E-state index in [1.807, 2.05) is 0 Å². The molecule has 16 heavy (non-hydrogen) atoms. The average molecular weight is 227 g/mol. The van der Waals surface area contributed by atoms with Gasteiger partial charge in [0.05, 0.1) is 6.10 Å². The molecule has 0 aliphatic heterocycles. The molecule has 1 rings (SSSR count). The lowest BCUT2D eigenvalue weighted by Crippen LogP contribution is -2.59. The highest BCUT2D eigenvalue weighted by Crippen LogP contribution is 2.39. The van der Waals surface area contributed by atoms with Crippen LogP contribution < -0.4 is 0 Å². The molecule has 2 nitrogen and oxygen atoms in total. The van der Waals surface area contributed by atoms with E-state index >= 15 is 0 Å². The molecule has 0 aromatic carbocycles. The van der Waals surface area contributed by atoms with E-state index in [1.54, 1.807) is 0 Å². The van der Waals surface area contributed by atoms with Crippen LogP contribution in [0.5, 0.6) is 0 Å². The SMILES string of the molecule is CCN(CC)C(CC)(CC)C(O)C1CCC1. The highest BCUT2D eigenvalue weighted by molar-refractivity contribution is 4.99. The van der Waals surface area contributed by atoms with Crippen molar-refractivity contribution in [2.75, 3.05) is 13.1 Å². The first-order valence-corrected chi connectivity index (χ1v) is 7.09. The lowest BCUT2D eigenvalue weighted by Gasteiger charge is -2.50. The van der Waals surface area contributed by atoms with Crippen molar-refractivity contribution in [3.05, 3.63) is 0 Å². The van der Waals surface area contributed by atoms with Gasteiger partial charge in [-0.15, -0.1) is 0 Å². The number of likely N-dealkylation sites (N-methyl/N-ethyl adjacent to an activating group) is 1. The van der Waals surface area contributed by atoms with Crippen molar-refractivity contribution in [1.82, 2.24) is 4.90 Å². The Balaban J connectivity index is 2.83. The first kappa shape index (κ1) is 14.0. The smallest absolute Gasteiger partial charge is 0.0751 e. The molecule has 0 aromatic heterocycles. The van der Waals surface area contributed by atoms with Crippen LogP contribution in [0, 0.1) is 5.92 Å². The van der Waals surface area contributed by atoms with Gasteiger partial charge in [-0.25, -0.2) is 0 Å². The maximum Gasteiger partial charge on any atom is 0.0751 e. The maximum atomic E-state index is 10.7. The van der Waals surface area contributed by atoms with Gasteiger partial charge in [0, 0.05) is 5.54 Å². The normalized spacial score (nSPS) is 19.9. The summed E-state index contributed by atoms with van der Waals surface area (Å²) in [6.07, 6.45) is 5.75. The van der Waals surface area contributed by atoms with Crippen molar-refractivity contribution in [3.63, 3.8) is 0 Å². The molecule has 1 unspecified atom stereocenters. The van der Waals surface area contributed by atoms with Gasteiger partial charge in [0.2, 0.25) is 0 Å². The Morgan fingerprint density at radius 2 is 1.62 bits per heavy atom. The minimum atomic E-state index is -0.129. The van der Waals surface area contributed by atoms with E-state index in [9.17, 15) is 5.11 Å². The van der Waals surface area contributed by atoms with Crippen LogP contribution in [-0.2, 0) is 0 Å². The molecule has 0 bridgehead atoms. The number of aliphatic hydroxyl groups is 1. The van der Waals surface area contributed by atoms with E-state index in [4.69, 9.17) is 0 Å². The lowest BCUT2D eigenvalue weighted by atomic mass is 9.70. The molecule has 1 atom stereocenters. The lowest BCUT2D eigenvalue weighted by molar-refractivity contribution is -0.0812. The fourth-order valence-corrected chi connectivity index (χ4v) is 3.35. The number of rotatable bonds is 7. The average Bonchev–Trinajstić information content (AvgIpc) is 2.23. The Bertz CT molecular complexity index is 193. The zero-order chi connectivity index (χ0) is 12.2. The van der Waals surface area contributed by atoms with E-state index < -0.39 is 0 Å². The maximum absolute atomic E-state index is 10.7. The Morgan fingerprint density at radius 1 is 1.12 bits per heavy atom. The van der Waals surface area contributed by atoms with Gasteiger partial charge < -0.3 is 5.11 Å². The third-order valence-corrected chi connectivity index (χ3v) is 4.76. The summed E-state index contributed by atoms with van der Waals surface area (Å²) in [5.41, 5.74) is 0.0224. The van der Waals surface area contributed by atoms with Gasteiger partial charge in [0.25, 0.3) is 0 Å². The second-order valence-corrected chi connectivity index (χ2v) is 5.12. The Morgan fingerprint density at radius 3 is 1.88 bits per heavy atom. The topological polar surface area (TPSA) is 23.5 Å². The van der Waals surface area contributed by atoms with Gasteiger partial charge >= 0.3 is 0 Å². The standard InChI is InChI=1S/C14H29NO/c1-5-14(6-2,15(7-3)8-4)13(16)12-10-9-11-12/h12-13,16H,5-11H2,1-4H3. The Hall–Kier alpha value is -0.0800. The van der Waals surface area contributed by atoms with Gasteiger partial charge in [-0.05, 0) is 44.7 Å². The molecule has 1 fully saturated rings. The van der Waals surface area contributed by atoms with E-state index in [1.165, 1.54) is 19.3 Å². The summed E-state index contributed by atoms with van der Waals surface area (Å²) in [4.78, 5) is 2.47. The summed E-state index contributed by atoms with van der Waals surface area (Å²) in [5.74, 6) is 0.556. The Labute approximate surface area is 101 Å². The van der Waals surface area contributed by atoms with Gasteiger partial charge in [0.15, 0.2) is 0 Å². The first-order chi connectivity index (χ1) is 7.66. The van der Waals surface area contributed by atoms with Crippen LogP contribution in [0.25, 0.3) is 0 Å². The molecule has 0 amide bonds. The van der Waals surface area contributed by atoms with Crippen LogP contribution in [0.15, 0.2) is 0 Å². The zero-order valence-electron chi connectivity index (χ0n) is 11.5. The zero-order valence-corrected chi connectivity index (χ0v) is 11.5. The van der Waals surface area contributed by atoms with Crippen molar-refractivity contribution in [2.24, 2.45) is 5.92 Å². The molecule has 1 N–H and O–H groups in total. The third kappa shape index (κ3) is 2.28. The van der Waals surface area contributed by atoms with Crippen LogP contribution in [0.1, 0.15) is 59.8 Å². The van der Waals surface area contributed by atoms with Crippen molar-refractivity contribution < 1.29 is 5.11 Å². The second-order valence-electron chi connectivity index (χ2n) is 5.12. The minimum absolute atomic E-state index is 0.0224. The summed E-state index contributed by atoms with van der Waals surface area (Å²) in [5, 5.41) is 10.7. The summed E-state index contributed by atoms with van der Waals surface area (Å²) in [7, 11) is 0. The van der Waals surface area contributed by atoms with E-state index in [0.717, 1.165) is 25.9 Å². The summed E-state index contributed by atoms with van der Waals surface area (Å²) >= 11 is 0. The van der Waals surface area contributed by atoms with Gasteiger partial charge in [0.1, 0.15) is 0 Å². The largest absolute Gasteiger partial charge is 0.391 e. The minimum Gasteiger partial charge on any atom is -0.391 e. The molecule has 0 heterocycles. The summed E-state index contributed by atoms with van der Waals surface area (Å²) in [6, 6.07) is 0. The third-order valence-electron chi connectivity index (χ3n) is 4.76. The first-order valence-electron chi connectivity index (χ1n) is 7.09. The highest BCUT2D eigenvalue weighted by atomic mass is 16.3. The molecule has 2 heteroatoms. The summed E-state index contributed by atoms with van der Waals surface area (Å²) < 4.78 is 0. The predicted molar refractivity (Wildman–Crippen MR) is 69.6 cm³/mol. The molecule has 1 saturated carbocycles. The van der Waals surface area contributed by atoms with Crippen molar-refractivity contribution in [1.29, 1.82) is 0 Å². The van der Waals surface area contributed by atoms with Crippen molar-refractivity contribution in [2.45, 2.75) is 71.4 Å². The molecular weight excluding hydrogens is 198 g/mol. The monoisotopic (exact) mass is 227 g/mol. The summed E-state index contributed by atoms with van der Waals surface area (Å²) in [6.45, 7) is 10.9. The molecular formula is C14H29NO. The number of nitrogens with zero attached hydrogens (tertiary/aromatic N) is 1. The van der Waals surface area contributed by atoms with Crippen LogP contribution in [0.3, 0.4) is 0 Å². The van der Waals surface area contributed by atoms with Crippen LogP contribution in [0.4, 0.5) is 0 Å². The van der Waals surface area contributed by atoms with Gasteiger partial charge in [-0.2, -0.15) is 0 Å². The number of aliphatic hydroxyl groups excluding tert-OH is 1. The molecule has 0 aromatic rings. The van der Waals surface area contributed by atoms with Gasteiger partial charge in [-0.3, -0.25) is 4.90 Å². The van der Waals surface area contributed by atoms with E-state index in [2.05, 4.69) is 32.6 Å². The number of hydrogen-bond acceptors (Lipinski definition) is 2. The molecule has 1 aliphatic carbocycles. The van der Waals surface area contributed by atoms with Crippen LogP contribution in [0.2, 0.25) is 0 Å². The van der Waals surface area contributed by atoms with Crippen molar-refractivity contribution in [3.8, 4) is 0 Å². The van der Waals surface area contributed by atoms with Crippen molar-refractivity contribution >= 4 is 0 Å². The van der Waals surface area contributed by atoms with E-state index in [-0.39, 0.29) is 11.6 Å². The Kier molecular flexibility index (Phi) is 5.26. The quantitative estimate of drug-likeness (QED) is 0.722. The van der Waals surface area contributed by atoms with Gasteiger partial charge in [-0.1, -0.05) is 34.1 Å². The number of hydrogen-bond donors (Lipinski definition) is 1. The molecule has 0 radical (unpaired) electrons. The predicted octanol–water partition coefficient (Wildman–Crippen LogP) is 3.05. The molecule has 0 spiro atoms. The second kappa shape index (κ2) is 6.02. The van der Waals surface area contributed by atoms with E-state index in [0.29, 0.717) is 5.92 Å². The van der Waals surface area contributed by atoms with Crippen LogP contribution >= 0.6 is 0 Å². The molecule has 0 saturated heterocycles. The molecule has 96 valence electrons. The highest BCUT2D eigenvalue weighted by Gasteiger charge is 2.44. The molecule has 1 aliphatic rings. The fraction of sp³-hybridized carbons (Fsp3) is 1.00.